The van der Waals surface area contributed by atoms with E-state index in [0.717, 1.165) is 28.0 Å². The second-order valence-corrected chi connectivity index (χ2v) is 6.85. The molecular weight excluding hydrogens is 312 g/mol. The summed E-state index contributed by atoms with van der Waals surface area (Å²) in [6.45, 7) is 12.3. The molecule has 2 heterocycles. The van der Waals surface area contributed by atoms with Crippen molar-refractivity contribution in [1.82, 2.24) is 14.5 Å². The van der Waals surface area contributed by atoms with Crippen molar-refractivity contribution in [2.45, 2.75) is 48.0 Å². The first-order valence-electron chi connectivity index (χ1n) is 8.42. The van der Waals surface area contributed by atoms with Crippen LogP contribution in [-0.4, -0.2) is 20.4 Å². The number of hydrogen-bond acceptors (Lipinski definition) is 3. The van der Waals surface area contributed by atoms with Crippen LogP contribution in [0, 0.1) is 41.5 Å². The number of rotatable bonds is 3. The van der Waals surface area contributed by atoms with Gasteiger partial charge in [0, 0.05) is 11.1 Å². The van der Waals surface area contributed by atoms with Gasteiger partial charge in [-0.3, -0.25) is 9.36 Å². The van der Waals surface area contributed by atoms with E-state index < -0.39 is 0 Å². The van der Waals surface area contributed by atoms with E-state index in [2.05, 4.69) is 56.3 Å². The molecule has 0 atom stereocenters. The molecule has 2 N–H and O–H groups in total. The maximum atomic E-state index is 11.5. The number of primary amides is 1. The highest BCUT2D eigenvalue weighted by molar-refractivity contribution is 5.90. The molecule has 0 aliphatic rings. The summed E-state index contributed by atoms with van der Waals surface area (Å²) in [5, 5.41) is 0.932. The second-order valence-electron chi connectivity index (χ2n) is 6.85. The van der Waals surface area contributed by atoms with Crippen LogP contribution in [0.25, 0.3) is 16.7 Å². The third-order valence-electron chi connectivity index (χ3n) is 4.74. The number of nitrogens with zero attached hydrogens (tertiary/aromatic N) is 3. The number of benzene rings is 1. The summed E-state index contributed by atoms with van der Waals surface area (Å²) in [5.41, 5.74) is 14.0. The number of aryl methyl sites for hydroxylation is 5. The highest BCUT2D eigenvalue weighted by Crippen LogP contribution is 2.32. The maximum absolute atomic E-state index is 11.5. The van der Waals surface area contributed by atoms with Crippen LogP contribution in [0.1, 0.15) is 39.5 Å². The number of aromatic nitrogens is 3. The minimum absolute atomic E-state index is 0.121. The van der Waals surface area contributed by atoms with Gasteiger partial charge in [0.2, 0.25) is 5.91 Å². The number of hydrogen-bond donors (Lipinski definition) is 1. The van der Waals surface area contributed by atoms with E-state index in [4.69, 9.17) is 10.7 Å². The largest absolute Gasteiger partial charge is 0.369 e. The summed E-state index contributed by atoms with van der Waals surface area (Å²) in [4.78, 5) is 20.7. The summed E-state index contributed by atoms with van der Waals surface area (Å²) >= 11 is 0. The molecule has 5 heteroatoms. The van der Waals surface area contributed by atoms with Gasteiger partial charge < -0.3 is 5.73 Å². The Balaban J connectivity index is 2.44. The van der Waals surface area contributed by atoms with Crippen molar-refractivity contribution in [1.29, 1.82) is 0 Å². The predicted octanol–water partition coefficient (Wildman–Crippen LogP) is 3.30. The predicted molar refractivity (Wildman–Crippen MR) is 100 cm³/mol. The molecule has 0 saturated heterocycles. The molecule has 0 spiro atoms. The minimum atomic E-state index is -0.382. The van der Waals surface area contributed by atoms with Gasteiger partial charge in [0.15, 0.2) is 0 Å². The van der Waals surface area contributed by atoms with Crippen molar-refractivity contribution in [3.63, 3.8) is 0 Å². The molecule has 0 aliphatic carbocycles. The lowest BCUT2D eigenvalue weighted by atomic mass is 10.0. The number of nitrogens with two attached hydrogens (primary N) is 1. The normalized spacial score (nSPS) is 11.3. The van der Waals surface area contributed by atoms with E-state index in [1.165, 1.54) is 16.7 Å². The highest BCUT2D eigenvalue weighted by Gasteiger charge is 2.21. The molecule has 0 saturated carbocycles. The molecule has 130 valence electrons. The molecule has 3 aromatic rings. The molecule has 25 heavy (non-hydrogen) atoms. The molecule has 2 aromatic heterocycles. The molecule has 3 rings (SSSR count). The lowest BCUT2D eigenvalue weighted by Gasteiger charge is -2.16. The molecular formula is C20H24N4O. The monoisotopic (exact) mass is 336 g/mol. The Morgan fingerprint density at radius 2 is 1.64 bits per heavy atom. The lowest BCUT2D eigenvalue weighted by Crippen LogP contribution is -2.15. The molecule has 0 aliphatic heterocycles. The number of carbonyl (C=O) groups excluding carboxylic acids is 1. The van der Waals surface area contributed by atoms with Gasteiger partial charge in [0.25, 0.3) is 0 Å². The molecule has 1 aromatic carbocycles. The van der Waals surface area contributed by atoms with Crippen molar-refractivity contribution < 1.29 is 4.79 Å². The zero-order valence-electron chi connectivity index (χ0n) is 15.7. The van der Waals surface area contributed by atoms with E-state index in [9.17, 15) is 4.79 Å². The van der Waals surface area contributed by atoms with E-state index in [1.54, 1.807) is 0 Å². The molecule has 0 fully saturated rings. The van der Waals surface area contributed by atoms with Crippen LogP contribution in [0.3, 0.4) is 0 Å². The fourth-order valence-corrected chi connectivity index (χ4v) is 3.76. The van der Waals surface area contributed by atoms with Crippen LogP contribution in [0.4, 0.5) is 0 Å². The van der Waals surface area contributed by atoms with Crippen molar-refractivity contribution in [3.8, 4) is 5.69 Å². The topological polar surface area (TPSA) is 73.8 Å². The fourth-order valence-electron chi connectivity index (χ4n) is 3.76. The van der Waals surface area contributed by atoms with Gasteiger partial charge in [0.05, 0.1) is 17.8 Å². The maximum Gasteiger partial charge on any atom is 0.223 e. The fraction of sp³-hybridized carbons (Fsp3) is 0.350. The van der Waals surface area contributed by atoms with Gasteiger partial charge in [-0.1, -0.05) is 17.7 Å². The first kappa shape index (κ1) is 17.1. The lowest BCUT2D eigenvalue weighted by molar-refractivity contribution is -0.117. The smallest absolute Gasteiger partial charge is 0.223 e. The van der Waals surface area contributed by atoms with Gasteiger partial charge in [-0.25, -0.2) is 9.97 Å². The average molecular weight is 336 g/mol. The van der Waals surface area contributed by atoms with Crippen LogP contribution in [-0.2, 0) is 11.2 Å². The molecule has 1 amide bonds. The van der Waals surface area contributed by atoms with Gasteiger partial charge in [-0.2, -0.15) is 0 Å². The van der Waals surface area contributed by atoms with Crippen LogP contribution in [0.15, 0.2) is 12.1 Å². The average Bonchev–Trinajstić information content (AvgIpc) is 2.70. The summed E-state index contributed by atoms with van der Waals surface area (Å²) in [6, 6.07) is 4.36. The van der Waals surface area contributed by atoms with Crippen LogP contribution < -0.4 is 5.73 Å². The molecule has 0 bridgehead atoms. The van der Waals surface area contributed by atoms with Gasteiger partial charge in [0.1, 0.15) is 11.5 Å². The third-order valence-corrected chi connectivity index (χ3v) is 4.74. The molecule has 0 unspecified atom stereocenters. The summed E-state index contributed by atoms with van der Waals surface area (Å²) in [7, 11) is 0. The zero-order chi connectivity index (χ0) is 18.5. The van der Waals surface area contributed by atoms with E-state index in [0.29, 0.717) is 11.5 Å². The number of carbonyl (C=O) groups is 1. The number of amides is 1. The van der Waals surface area contributed by atoms with Gasteiger partial charge in [-0.15, -0.1) is 0 Å². The molecule has 0 radical (unpaired) electrons. The highest BCUT2D eigenvalue weighted by atomic mass is 16.1. The summed E-state index contributed by atoms with van der Waals surface area (Å²) < 4.78 is 2.19. The third kappa shape index (κ3) is 2.80. The number of fused-ring (bicyclic) bond motifs is 1. The van der Waals surface area contributed by atoms with Crippen LogP contribution in [0.2, 0.25) is 0 Å². The van der Waals surface area contributed by atoms with Crippen molar-refractivity contribution in [2.75, 3.05) is 0 Å². The Morgan fingerprint density at radius 3 is 2.20 bits per heavy atom. The Labute approximate surface area is 147 Å². The Hall–Kier alpha value is -2.69. The summed E-state index contributed by atoms with van der Waals surface area (Å²) in [5.74, 6) is 0.261. The zero-order valence-corrected chi connectivity index (χ0v) is 15.7. The van der Waals surface area contributed by atoms with Gasteiger partial charge in [-0.05, 0) is 58.2 Å². The van der Waals surface area contributed by atoms with Crippen molar-refractivity contribution in [3.05, 3.63) is 51.6 Å². The van der Waals surface area contributed by atoms with E-state index >= 15 is 0 Å². The van der Waals surface area contributed by atoms with E-state index in [1.807, 2.05) is 6.92 Å². The van der Waals surface area contributed by atoms with Crippen LogP contribution in [0.5, 0.6) is 0 Å². The van der Waals surface area contributed by atoms with Crippen LogP contribution >= 0.6 is 0 Å². The van der Waals surface area contributed by atoms with Crippen molar-refractivity contribution in [2.24, 2.45) is 5.73 Å². The second kappa shape index (κ2) is 5.99. The Bertz CT molecular complexity index is 991. The quantitative estimate of drug-likeness (QED) is 0.797. The first-order chi connectivity index (χ1) is 11.7. The van der Waals surface area contributed by atoms with Crippen molar-refractivity contribution >= 4 is 16.9 Å². The Morgan fingerprint density at radius 1 is 1.04 bits per heavy atom. The van der Waals surface area contributed by atoms with Gasteiger partial charge >= 0.3 is 0 Å². The molecule has 5 nitrogen and oxygen atoms in total. The minimum Gasteiger partial charge on any atom is -0.369 e. The SMILES string of the molecule is Cc1cc(C)c(-n2c(C)c(C)c3c(CC(N)=O)nc(C)nc32)c(C)c1. The standard InChI is InChI=1S/C20H24N4O/c1-10-7-11(2)19(12(3)8-10)24-14(5)13(4)18-16(9-17(21)25)22-15(6)23-20(18)24/h7-8H,9H2,1-6H3,(H2,21,25). The first-order valence-corrected chi connectivity index (χ1v) is 8.42. The van der Waals surface area contributed by atoms with E-state index in [-0.39, 0.29) is 12.3 Å². The Kier molecular flexibility index (Phi) is 4.11. The summed E-state index contributed by atoms with van der Waals surface area (Å²) in [6.07, 6.45) is 0.121.